The van der Waals surface area contributed by atoms with E-state index in [0.29, 0.717) is 5.69 Å². The summed E-state index contributed by atoms with van der Waals surface area (Å²) in [4.78, 5) is 26.1. The SMILES string of the molecule is CCOC(=O)C1=NN(c2ccccc2)C(=O)C12C=C(C)c1ccccc1N2. The monoisotopic (exact) mass is 361 g/mol. The summed E-state index contributed by atoms with van der Waals surface area (Å²) in [6.07, 6.45) is 1.76. The van der Waals surface area contributed by atoms with Crippen LogP contribution in [-0.4, -0.2) is 29.7 Å². The Morgan fingerprint density at radius 3 is 2.59 bits per heavy atom. The van der Waals surface area contributed by atoms with E-state index in [1.54, 1.807) is 25.1 Å². The molecule has 136 valence electrons. The Bertz CT molecular complexity index is 981. The third kappa shape index (κ3) is 2.61. The maximum absolute atomic E-state index is 13.5. The summed E-state index contributed by atoms with van der Waals surface area (Å²) < 4.78 is 5.19. The number of nitrogens with one attached hydrogen (secondary N) is 1. The molecule has 1 atom stereocenters. The first-order valence-electron chi connectivity index (χ1n) is 8.79. The summed E-state index contributed by atoms with van der Waals surface area (Å²) in [5.41, 5.74) is 1.89. The van der Waals surface area contributed by atoms with Crippen molar-refractivity contribution >= 4 is 34.5 Å². The molecule has 6 nitrogen and oxygen atoms in total. The van der Waals surface area contributed by atoms with Gasteiger partial charge >= 0.3 is 5.97 Å². The Balaban J connectivity index is 1.86. The average Bonchev–Trinajstić information content (AvgIpc) is 2.95. The molecule has 0 aliphatic carbocycles. The van der Waals surface area contributed by atoms with Gasteiger partial charge in [0.15, 0.2) is 11.3 Å². The lowest BCUT2D eigenvalue weighted by Crippen LogP contribution is -2.55. The van der Waals surface area contributed by atoms with Crippen LogP contribution in [0.15, 0.2) is 65.8 Å². The Hall–Kier alpha value is -3.41. The van der Waals surface area contributed by atoms with Gasteiger partial charge in [-0.2, -0.15) is 10.1 Å². The normalized spacial score (nSPS) is 20.7. The number of rotatable bonds is 3. The van der Waals surface area contributed by atoms with Crippen LogP contribution in [0.3, 0.4) is 0 Å². The van der Waals surface area contributed by atoms with Crippen molar-refractivity contribution in [3.05, 3.63) is 66.2 Å². The molecule has 0 radical (unpaired) electrons. The molecule has 2 aromatic rings. The van der Waals surface area contributed by atoms with E-state index < -0.39 is 11.5 Å². The maximum Gasteiger partial charge on any atom is 0.357 e. The second-order valence-electron chi connectivity index (χ2n) is 6.43. The largest absolute Gasteiger partial charge is 0.461 e. The van der Waals surface area contributed by atoms with Gasteiger partial charge in [0.1, 0.15) is 0 Å². The van der Waals surface area contributed by atoms with Gasteiger partial charge in [-0.05, 0) is 43.7 Å². The van der Waals surface area contributed by atoms with Gasteiger partial charge in [-0.15, -0.1) is 0 Å². The number of fused-ring (bicyclic) bond motifs is 1. The van der Waals surface area contributed by atoms with E-state index in [1.807, 2.05) is 49.4 Å². The van der Waals surface area contributed by atoms with Crippen molar-refractivity contribution < 1.29 is 14.3 Å². The quantitative estimate of drug-likeness (QED) is 0.852. The third-order valence-electron chi connectivity index (χ3n) is 4.69. The summed E-state index contributed by atoms with van der Waals surface area (Å²) in [5, 5.41) is 8.86. The van der Waals surface area contributed by atoms with Crippen LogP contribution in [0.1, 0.15) is 19.4 Å². The van der Waals surface area contributed by atoms with E-state index in [9.17, 15) is 9.59 Å². The Labute approximate surface area is 157 Å². The number of hydrogen-bond acceptors (Lipinski definition) is 5. The molecule has 0 saturated heterocycles. The van der Waals surface area contributed by atoms with E-state index >= 15 is 0 Å². The van der Waals surface area contributed by atoms with Gasteiger partial charge in [-0.3, -0.25) is 4.79 Å². The highest BCUT2D eigenvalue weighted by Crippen LogP contribution is 2.39. The molecular weight excluding hydrogens is 342 g/mol. The number of esters is 1. The smallest absolute Gasteiger partial charge is 0.357 e. The maximum atomic E-state index is 13.5. The van der Waals surface area contributed by atoms with Crippen molar-refractivity contribution in [1.82, 2.24) is 0 Å². The summed E-state index contributed by atoms with van der Waals surface area (Å²) in [5.74, 6) is -0.953. The summed E-state index contributed by atoms with van der Waals surface area (Å²) in [7, 11) is 0. The van der Waals surface area contributed by atoms with Crippen molar-refractivity contribution in [2.75, 3.05) is 16.9 Å². The number of para-hydroxylation sites is 2. The van der Waals surface area contributed by atoms with Crippen LogP contribution >= 0.6 is 0 Å². The fourth-order valence-electron chi connectivity index (χ4n) is 3.47. The number of anilines is 2. The first-order chi connectivity index (χ1) is 13.1. The van der Waals surface area contributed by atoms with E-state index in [-0.39, 0.29) is 18.2 Å². The van der Waals surface area contributed by atoms with Crippen LogP contribution in [0.5, 0.6) is 0 Å². The predicted molar refractivity (Wildman–Crippen MR) is 104 cm³/mol. The molecule has 0 fully saturated rings. The first kappa shape index (κ1) is 17.0. The van der Waals surface area contributed by atoms with Gasteiger partial charge in [0, 0.05) is 11.3 Å². The van der Waals surface area contributed by atoms with E-state index in [1.165, 1.54) is 5.01 Å². The molecule has 2 aliphatic heterocycles. The molecule has 4 rings (SSSR count). The molecule has 0 bridgehead atoms. The molecule has 1 amide bonds. The molecule has 2 aromatic carbocycles. The number of nitrogens with zero attached hydrogens (tertiary/aromatic N) is 2. The highest BCUT2D eigenvalue weighted by atomic mass is 16.5. The van der Waals surface area contributed by atoms with E-state index in [0.717, 1.165) is 16.8 Å². The summed E-state index contributed by atoms with van der Waals surface area (Å²) in [6, 6.07) is 16.7. The van der Waals surface area contributed by atoms with Crippen molar-refractivity contribution in [2.45, 2.75) is 19.4 Å². The lowest BCUT2D eigenvalue weighted by Gasteiger charge is -2.33. The lowest BCUT2D eigenvalue weighted by atomic mass is 9.84. The van der Waals surface area contributed by atoms with Crippen molar-refractivity contribution in [1.29, 1.82) is 0 Å². The summed E-state index contributed by atoms with van der Waals surface area (Å²) in [6.45, 7) is 3.84. The Kier molecular flexibility index (Phi) is 4.03. The van der Waals surface area contributed by atoms with Crippen LogP contribution in [0.2, 0.25) is 0 Å². The van der Waals surface area contributed by atoms with Gasteiger partial charge in [0.05, 0.1) is 12.3 Å². The zero-order valence-corrected chi connectivity index (χ0v) is 15.1. The number of allylic oxidation sites excluding steroid dienone is 1. The van der Waals surface area contributed by atoms with Crippen molar-refractivity contribution in [3.8, 4) is 0 Å². The number of benzene rings is 2. The van der Waals surface area contributed by atoms with Crippen LogP contribution < -0.4 is 10.3 Å². The highest BCUT2D eigenvalue weighted by Gasteiger charge is 2.55. The Morgan fingerprint density at radius 2 is 1.85 bits per heavy atom. The molecule has 2 heterocycles. The number of hydrogen-bond donors (Lipinski definition) is 1. The molecule has 1 unspecified atom stereocenters. The van der Waals surface area contributed by atoms with Gasteiger partial charge in [-0.25, -0.2) is 4.79 Å². The average molecular weight is 361 g/mol. The minimum absolute atomic E-state index is 0.0343. The molecule has 0 saturated carbocycles. The van der Waals surface area contributed by atoms with Crippen LogP contribution in [-0.2, 0) is 14.3 Å². The first-order valence-corrected chi connectivity index (χ1v) is 8.79. The van der Waals surface area contributed by atoms with Crippen LogP contribution in [0.25, 0.3) is 5.57 Å². The molecule has 27 heavy (non-hydrogen) atoms. The zero-order chi connectivity index (χ0) is 19.0. The number of amides is 1. The minimum Gasteiger partial charge on any atom is -0.461 e. The van der Waals surface area contributed by atoms with E-state index in [4.69, 9.17) is 4.74 Å². The summed E-state index contributed by atoms with van der Waals surface area (Å²) >= 11 is 0. The van der Waals surface area contributed by atoms with Gasteiger partial charge in [-0.1, -0.05) is 36.4 Å². The fourth-order valence-corrected chi connectivity index (χ4v) is 3.47. The van der Waals surface area contributed by atoms with Crippen LogP contribution in [0, 0.1) is 0 Å². The molecule has 0 aromatic heterocycles. The van der Waals surface area contributed by atoms with Crippen LogP contribution in [0.4, 0.5) is 11.4 Å². The fraction of sp³-hybridized carbons (Fsp3) is 0.190. The number of carbonyl (C=O) groups excluding carboxylic acids is 2. The lowest BCUT2D eigenvalue weighted by molar-refractivity contribution is -0.135. The van der Waals surface area contributed by atoms with Gasteiger partial charge < -0.3 is 10.1 Å². The molecular formula is C21H19N3O3. The van der Waals surface area contributed by atoms with Crippen molar-refractivity contribution in [2.24, 2.45) is 5.10 Å². The second-order valence-corrected chi connectivity index (χ2v) is 6.43. The molecule has 6 heteroatoms. The van der Waals surface area contributed by atoms with Gasteiger partial charge in [0.25, 0.3) is 5.91 Å². The number of ether oxygens (including phenoxy) is 1. The molecule has 1 spiro atoms. The standard InChI is InChI=1S/C21H19N3O3/c1-3-27-19(25)18-21(13-14(2)16-11-7-8-12-17(16)22-21)20(26)24(23-18)15-9-5-4-6-10-15/h4-13,22H,3H2,1-2H3. The number of hydrazone groups is 1. The topological polar surface area (TPSA) is 71.0 Å². The Morgan fingerprint density at radius 1 is 1.15 bits per heavy atom. The third-order valence-corrected chi connectivity index (χ3v) is 4.69. The van der Waals surface area contributed by atoms with E-state index in [2.05, 4.69) is 10.4 Å². The second kappa shape index (κ2) is 6.39. The number of carbonyl (C=O) groups is 2. The minimum atomic E-state index is -1.39. The van der Waals surface area contributed by atoms with Crippen molar-refractivity contribution in [3.63, 3.8) is 0 Å². The molecule has 2 aliphatic rings. The molecule has 1 N–H and O–H groups in total. The zero-order valence-electron chi connectivity index (χ0n) is 15.1. The predicted octanol–water partition coefficient (Wildman–Crippen LogP) is 3.22. The highest BCUT2D eigenvalue weighted by molar-refractivity contribution is 6.50. The van der Waals surface area contributed by atoms with Gasteiger partial charge in [0.2, 0.25) is 0 Å².